The quantitative estimate of drug-likeness (QED) is 0.277. The zero-order valence-corrected chi connectivity index (χ0v) is 7.62. The molecule has 0 spiro atoms. The molecule has 0 saturated carbocycles. The first-order valence-electron chi connectivity index (χ1n) is 4.30. The number of nitrogens with one attached hydrogen (secondary N) is 2. The second-order valence-electron chi connectivity index (χ2n) is 2.64. The number of aryl methyl sites for hydroxylation is 1. The second-order valence-corrected chi connectivity index (χ2v) is 2.64. The van der Waals surface area contributed by atoms with Gasteiger partial charge in [-0.05, 0) is 6.42 Å². The van der Waals surface area contributed by atoms with E-state index in [0.717, 1.165) is 18.8 Å². The number of hydrogen-bond acceptors (Lipinski definition) is 4. The summed E-state index contributed by atoms with van der Waals surface area (Å²) >= 11 is 0. The number of nitrogens with zero attached hydrogens (tertiary/aromatic N) is 2. The molecule has 0 aliphatic carbocycles. The first kappa shape index (κ1) is 9.57. The van der Waals surface area contributed by atoms with Crippen LogP contribution in [0, 0.1) is 0 Å². The average Bonchev–Trinajstić information content (AvgIpc) is 2.60. The Hall–Kier alpha value is -1.52. The lowest BCUT2D eigenvalue weighted by atomic mass is 10.2. The number of aromatic amines is 1. The zero-order valence-electron chi connectivity index (χ0n) is 7.62. The van der Waals surface area contributed by atoms with Gasteiger partial charge in [0.2, 0.25) is 0 Å². The number of hydrogen-bond donors (Lipinski definition) is 3. The third-order valence-electron chi connectivity index (χ3n) is 1.76. The van der Waals surface area contributed by atoms with Gasteiger partial charge in [-0.1, -0.05) is 6.92 Å². The predicted molar refractivity (Wildman–Crippen MR) is 51.4 cm³/mol. The van der Waals surface area contributed by atoms with Crippen molar-refractivity contribution in [3.05, 3.63) is 11.8 Å². The molecule has 3 N–H and O–H groups in total. The Morgan fingerprint density at radius 2 is 2.62 bits per heavy atom. The van der Waals surface area contributed by atoms with Crippen molar-refractivity contribution in [1.29, 1.82) is 0 Å². The van der Waals surface area contributed by atoms with Crippen LogP contribution in [-0.2, 0) is 6.42 Å². The topological polar surface area (TPSA) is 73.3 Å². The Bertz CT molecular complexity index is 269. The van der Waals surface area contributed by atoms with E-state index >= 15 is 0 Å². The van der Waals surface area contributed by atoms with Gasteiger partial charge in [0.15, 0.2) is 0 Å². The Morgan fingerprint density at radius 3 is 3.31 bits per heavy atom. The van der Waals surface area contributed by atoms with Gasteiger partial charge in [0.05, 0.1) is 6.20 Å². The molecule has 0 unspecified atom stereocenters. The molecule has 0 radical (unpaired) electrons. The zero-order chi connectivity index (χ0) is 9.52. The molecule has 0 aliphatic heterocycles. The van der Waals surface area contributed by atoms with Crippen LogP contribution in [0.25, 0.3) is 0 Å². The molecular formula is C8H14N4O. The largest absolute Gasteiger partial charge is 0.411 e. The van der Waals surface area contributed by atoms with E-state index in [9.17, 15) is 0 Å². The molecule has 0 aromatic carbocycles. The van der Waals surface area contributed by atoms with Crippen LogP contribution in [-0.4, -0.2) is 28.2 Å². The van der Waals surface area contributed by atoms with E-state index in [2.05, 4.69) is 27.6 Å². The van der Waals surface area contributed by atoms with E-state index in [1.165, 1.54) is 11.8 Å². The van der Waals surface area contributed by atoms with Crippen molar-refractivity contribution in [2.75, 3.05) is 11.9 Å². The molecule has 1 rings (SSSR count). The molecule has 0 bridgehead atoms. The van der Waals surface area contributed by atoms with Gasteiger partial charge in [-0.15, -0.1) is 5.16 Å². The van der Waals surface area contributed by atoms with E-state index in [1.54, 1.807) is 0 Å². The third kappa shape index (κ3) is 2.77. The molecule has 0 amide bonds. The van der Waals surface area contributed by atoms with E-state index in [4.69, 9.17) is 5.21 Å². The molecule has 0 saturated heterocycles. The van der Waals surface area contributed by atoms with Crippen molar-refractivity contribution < 1.29 is 5.21 Å². The first-order valence-corrected chi connectivity index (χ1v) is 4.30. The summed E-state index contributed by atoms with van der Waals surface area (Å²) in [6, 6.07) is 0. The van der Waals surface area contributed by atoms with Crippen LogP contribution in [0.1, 0.15) is 18.9 Å². The van der Waals surface area contributed by atoms with Crippen molar-refractivity contribution in [3.63, 3.8) is 0 Å². The van der Waals surface area contributed by atoms with Crippen LogP contribution < -0.4 is 5.32 Å². The maximum absolute atomic E-state index is 8.15. The second kappa shape index (κ2) is 5.18. The van der Waals surface area contributed by atoms with Gasteiger partial charge in [-0.3, -0.25) is 5.10 Å². The number of anilines is 1. The smallest absolute Gasteiger partial charge is 0.124 e. The van der Waals surface area contributed by atoms with Crippen molar-refractivity contribution in [1.82, 2.24) is 10.2 Å². The Morgan fingerprint density at radius 1 is 1.77 bits per heavy atom. The summed E-state index contributed by atoms with van der Waals surface area (Å²) in [6.07, 6.45) is 4.91. The molecule has 5 heteroatoms. The van der Waals surface area contributed by atoms with Crippen LogP contribution >= 0.6 is 0 Å². The van der Waals surface area contributed by atoms with Gasteiger partial charge in [0.1, 0.15) is 5.82 Å². The highest BCUT2D eigenvalue weighted by atomic mass is 16.4. The van der Waals surface area contributed by atoms with Crippen molar-refractivity contribution >= 4 is 12.0 Å². The van der Waals surface area contributed by atoms with E-state index in [-0.39, 0.29) is 0 Å². The highest BCUT2D eigenvalue weighted by Crippen LogP contribution is 2.10. The summed E-state index contributed by atoms with van der Waals surface area (Å²) in [5.41, 5.74) is 1.17. The maximum Gasteiger partial charge on any atom is 0.124 e. The van der Waals surface area contributed by atoms with Gasteiger partial charge < -0.3 is 10.5 Å². The van der Waals surface area contributed by atoms with Gasteiger partial charge in [-0.2, -0.15) is 5.10 Å². The molecule has 1 aromatic rings. The SMILES string of the molecule is CCc1cn[nH]c1NCCC=NO. The van der Waals surface area contributed by atoms with Gasteiger partial charge in [0.25, 0.3) is 0 Å². The summed E-state index contributed by atoms with van der Waals surface area (Å²) in [7, 11) is 0. The van der Waals surface area contributed by atoms with Gasteiger partial charge >= 0.3 is 0 Å². The molecule has 1 heterocycles. The maximum atomic E-state index is 8.15. The summed E-state index contributed by atoms with van der Waals surface area (Å²) in [5.74, 6) is 0.953. The molecule has 0 atom stereocenters. The summed E-state index contributed by atoms with van der Waals surface area (Å²) in [6.45, 7) is 2.81. The van der Waals surface area contributed by atoms with Crippen LogP contribution in [0.5, 0.6) is 0 Å². The fraction of sp³-hybridized carbons (Fsp3) is 0.500. The first-order chi connectivity index (χ1) is 6.38. The van der Waals surface area contributed by atoms with Gasteiger partial charge in [-0.25, -0.2) is 0 Å². The van der Waals surface area contributed by atoms with E-state index in [1.807, 2.05) is 6.20 Å². The minimum Gasteiger partial charge on any atom is -0.411 e. The lowest BCUT2D eigenvalue weighted by Crippen LogP contribution is -2.03. The normalized spacial score (nSPS) is 10.8. The summed E-state index contributed by atoms with van der Waals surface area (Å²) < 4.78 is 0. The number of rotatable bonds is 5. The van der Waals surface area contributed by atoms with Crippen LogP contribution in [0.3, 0.4) is 0 Å². The summed E-state index contributed by atoms with van der Waals surface area (Å²) in [5, 5.41) is 21.0. The van der Waals surface area contributed by atoms with E-state index < -0.39 is 0 Å². The summed E-state index contributed by atoms with van der Waals surface area (Å²) in [4.78, 5) is 0. The molecule has 0 aliphatic rings. The van der Waals surface area contributed by atoms with Crippen molar-refractivity contribution in [2.24, 2.45) is 5.16 Å². The Balaban J connectivity index is 2.35. The van der Waals surface area contributed by atoms with E-state index in [0.29, 0.717) is 6.42 Å². The molecule has 5 nitrogen and oxygen atoms in total. The van der Waals surface area contributed by atoms with Crippen LogP contribution in [0.4, 0.5) is 5.82 Å². The van der Waals surface area contributed by atoms with Gasteiger partial charge in [0, 0.05) is 24.7 Å². The molecule has 13 heavy (non-hydrogen) atoms. The minimum absolute atomic E-state index is 0.693. The fourth-order valence-corrected chi connectivity index (χ4v) is 1.05. The lowest BCUT2D eigenvalue weighted by Gasteiger charge is -2.02. The molecule has 0 fully saturated rings. The fourth-order valence-electron chi connectivity index (χ4n) is 1.05. The van der Waals surface area contributed by atoms with Crippen LogP contribution in [0.2, 0.25) is 0 Å². The predicted octanol–water partition coefficient (Wildman–Crippen LogP) is 1.23. The Kier molecular flexibility index (Phi) is 3.81. The van der Waals surface area contributed by atoms with Crippen molar-refractivity contribution in [3.8, 4) is 0 Å². The minimum atomic E-state index is 0.693. The highest BCUT2D eigenvalue weighted by molar-refractivity contribution is 5.57. The Labute approximate surface area is 76.8 Å². The lowest BCUT2D eigenvalue weighted by molar-refractivity contribution is 0.320. The molecule has 1 aromatic heterocycles. The monoisotopic (exact) mass is 182 g/mol. The number of aromatic nitrogens is 2. The standard InChI is InChI=1S/C8H14N4O/c1-2-7-6-10-12-8(7)9-4-3-5-11-13/h5-6,13H,2-4H2,1H3,(H2,9,10,12). The number of H-pyrrole nitrogens is 1. The third-order valence-corrected chi connectivity index (χ3v) is 1.76. The average molecular weight is 182 g/mol. The molecular weight excluding hydrogens is 168 g/mol. The van der Waals surface area contributed by atoms with Crippen LogP contribution in [0.15, 0.2) is 11.4 Å². The molecule has 72 valence electrons. The van der Waals surface area contributed by atoms with Crippen molar-refractivity contribution in [2.45, 2.75) is 19.8 Å². The highest BCUT2D eigenvalue weighted by Gasteiger charge is 2.00. The number of oxime groups is 1.